The minimum absolute atomic E-state index is 0.0481. The van der Waals surface area contributed by atoms with Crippen LogP contribution in [0.4, 0.5) is 0 Å². The monoisotopic (exact) mass is 304 g/mol. The second-order valence-corrected chi connectivity index (χ2v) is 5.34. The number of hydrogen-bond donors (Lipinski definition) is 1. The molecule has 0 aliphatic carbocycles. The molecule has 1 fully saturated rings. The second kappa shape index (κ2) is 7.33. The van der Waals surface area contributed by atoms with Crippen LogP contribution in [0.2, 0.25) is 0 Å². The first kappa shape index (κ1) is 14.9. The summed E-state index contributed by atoms with van der Waals surface area (Å²) in [6.45, 7) is 1.71. The third kappa shape index (κ3) is 3.80. The smallest absolute Gasteiger partial charge is 0.246 e. The highest BCUT2D eigenvalue weighted by Crippen LogP contribution is 2.12. The number of nitrogens with one attached hydrogen (secondary N) is 1. The van der Waals surface area contributed by atoms with Crippen LogP contribution >= 0.6 is 0 Å². The number of fused-ring (bicyclic) bond motifs is 1. The van der Waals surface area contributed by atoms with Crippen molar-refractivity contribution in [2.75, 3.05) is 19.8 Å². The molecule has 7 nitrogen and oxygen atoms in total. The van der Waals surface area contributed by atoms with Crippen molar-refractivity contribution in [3.05, 3.63) is 30.2 Å². The fourth-order valence-electron chi connectivity index (χ4n) is 2.47. The fourth-order valence-corrected chi connectivity index (χ4v) is 2.47. The van der Waals surface area contributed by atoms with Crippen LogP contribution < -0.4 is 5.32 Å². The summed E-state index contributed by atoms with van der Waals surface area (Å²) in [5.74, 6) is -0.147. The topological polar surface area (TPSA) is 77.8 Å². The van der Waals surface area contributed by atoms with E-state index in [0.717, 1.165) is 30.7 Å². The van der Waals surface area contributed by atoms with Gasteiger partial charge in [0.2, 0.25) is 5.91 Å². The molecule has 3 rings (SSSR count). The van der Waals surface area contributed by atoms with E-state index in [-0.39, 0.29) is 18.6 Å². The lowest BCUT2D eigenvalue weighted by atomic mass is 10.1. The number of aromatic nitrogens is 3. The van der Waals surface area contributed by atoms with Gasteiger partial charge in [-0.15, -0.1) is 0 Å². The number of carbonyl (C=O) groups excluding carboxylic acids is 1. The highest BCUT2D eigenvalue weighted by molar-refractivity contribution is 5.77. The molecule has 118 valence electrons. The first-order chi connectivity index (χ1) is 10.8. The molecule has 0 saturated carbocycles. The van der Waals surface area contributed by atoms with E-state index in [1.807, 2.05) is 12.3 Å². The Morgan fingerprint density at radius 3 is 3.32 bits per heavy atom. The Balaban J connectivity index is 1.40. The van der Waals surface area contributed by atoms with Crippen LogP contribution in [-0.4, -0.2) is 46.4 Å². The highest BCUT2D eigenvalue weighted by Gasteiger charge is 2.14. The number of carbonyl (C=O) groups is 1. The summed E-state index contributed by atoms with van der Waals surface area (Å²) >= 11 is 0. The van der Waals surface area contributed by atoms with E-state index < -0.39 is 0 Å². The molecule has 1 aliphatic rings. The number of ether oxygens (including phenoxy) is 2. The summed E-state index contributed by atoms with van der Waals surface area (Å²) in [6.07, 6.45) is 8.66. The number of amides is 1. The van der Waals surface area contributed by atoms with E-state index in [0.29, 0.717) is 13.2 Å². The standard InChI is InChI=1S/C15H20N4O3/c20-14(11-21-10-13-4-1-2-7-22-13)17-8-12-9-18-19-6-3-5-16-15(12)19/h3,5-6,9,13H,1-2,4,7-8,10-11H2,(H,17,20). The van der Waals surface area contributed by atoms with Crippen molar-refractivity contribution in [2.24, 2.45) is 0 Å². The molecular weight excluding hydrogens is 284 g/mol. The zero-order valence-corrected chi connectivity index (χ0v) is 12.4. The first-order valence-electron chi connectivity index (χ1n) is 7.56. The third-order valence-electron chi connectivity index (χ3n) is 3.64. The lowest BCUT2D eigenvalue weighted by Gasteiger charge is -2.22. The summed E-state index contributed by atoms with van der Waals surface area (Å²) < 4.78 is 12.6. The fraction of sp³-hybridized carbons (Fsp3) is 0.533. The van der Waals surface area contributed by atoms with Crippen LogP contribution in [0.25, 0.3) is 5.65 Å². The summed E-state index contributed by atoms with van der Waals surface area (Å²) in [5, 5.41) is 6.99. The van der Waals surface area contributed by atoms with E-state index in [1.165, 1.54) is 6.42 Å². The Morgan fingerprint density at radius 1 is 1.50 bits per heavy atom. The van der Waals surface area contributed by atoms with Crippen LogP contribution in [0.1, 0.15) is 24.8 Å². The van der Waals surface area contributed by atoms with Gasteiger partial charge < -0.3 is 14.8 Å². The van der Waals surface area contributed by atoms with Crippen molar-refractivity contribution in [2.45, 2.75) is 31.9 Å². The predicted octanol–water partition coefficient (Wildman–Crippen LogP) is 0.931. The Kier molecular flexibility index (Phi) is 4.97. The van der Waals surface area contributed by atoms with Gasteiger partial charge in [0.25, 0.3) is 0 Å². The van der Waals surface area contributed by atoms with Crippen LogP contribution in [0.15, 0.2) is 24.7 Å². The molecule has 2 aromatic heterocycles. The van der Waals surface area contributed by atoms with Crippen molar-refractivity contribution in [3.8, 4) is 0 Å². The molecule has 0 radical (unpaired) electrons. The SMILES string of the molecule is O=C(COCC1CCCCO1)NCc1cnn2cccnc12. The van der Waals surface area contributed by atoms with Gasteiger partial charge in [-0.2, -0.15) is 5.10 Å². The molecule has 22 heavy (non-hydrogen) atoms. The quantitative estimate of drug-likeness (QED) is 0.859. The highest BCUT2D eigenvalue weighted by atomic mass is 16.5. The zero-order valence-electron chi connectivity index (χ0n) is 12.4. The van der Waals surface area contributed by atoms with Gasteiger partial charge in [-0.1, -0.05) is 0 Å². The normalized spacial score (nSPS) is 18.5. The number of hydrogen-bond acceptors (Lipinski definition) is 5. The molecule has 3 heterocycles. The Labute approximate surface area is 128 Å². The van der Waals surface area contributed by atoms with Gasteiger partial charge >= 0.3 is 0 Å². The summed E-state index contributed by atoms with van der Waals surface area (Å²) in [6, 6.07) is 1.81. The number of rotatable bonds is 6. The van der Waals surface area contributed by atoms with Gasteiger partial charge in [0.05, 0.1) is 18.9 Å². The van der Waals surface area contributed by atoms with Crippen LogP contribution in [0.5, 0.6) is 0 Å². The Hall–Kier alpha value is -1.99. The van der Waals surface area contributed by atoms with E-state index in [4.69, 9.17) is 9.47 Å². The van der Waals surface area contributed by atoms with Crippen molar-refractivity contribution >= 4 is 11.6 Å². The van der Waals surface area contributed by atoms with Crippen LogP contribution in [0, 0.1) is 0 Å². The Morgan fingerprint density at radius 2 is 2.45 bits per heavy atom. The third-order valence-corrected chi connectivity index (χ3v) is 3.64. The zero-order chi connectivity index (χ0) is 15.2. The van der Waals surface area contributed by atoms with E-state index in [9.17, 15) is 4.79 Å². The molecule has 1 N–H and O–H groups in total. The van der Waals surface area contributed by atoms with Gasteiger partial charge in [-0.05, 0) is 25.3 Å². The van der Waals surface area contributed by atoms with Gasteiger partial charge in [0, 0.05) is 31.1 Å². The lowest BCUT2D eigenvalue weighted by Crippen LogP contribution is -2.30. The minimum atomic E-state index is -0.147. The molecule has 1 unspecified atom stereocenters. The average Bonchev–Trinajstić information content (AvgIpc) is 2.97. The van der Waals surface area contributed by atoms with Crippen molar-refractivity contribution in [1.29, 1.82) is 0 Å². The second-order valence-electron chi connectivity index (χ2n) is 5.34. The van der Waals surface area contributed by atoms with Gasteiger partial charge in [-0.3, -0.25) is 4.79 Å². The molecular formula is C15H20N4O3. The maximum absolute atomic E-state index is 11.8. The van der Waals surface area contributed by atoms with Gasteiger partial charge in [0.1, 0.15) is 6.61 Å². The Bertz CT molecular complexity index is 622. The molecule has 1 atom stereocenters. The lowest BCUT2D eigenvalue weighted by molar-refractivity contribution is -0.128. The number of nitrogens with zero attached hydrogens (tertiary/aromatic N) is 3. The van der Waals surface area contributed by atoms with Crippen LogP contribution in [-0.2, 0) is 20.8 Å². The molecule has 7 heteroatoms. The van der Waals surface area contributed by atoms with Crippen molar-refractivity contribution in [1.82, 2.24) is 19.9 Å². The largest absolute Gasteiger partial charge is 0.376 e. The van der Waals surface area contributed by atoms with E-state index >= 15 is 0 Å². The molecule has 1 aliphatic heterocycles. The molecule has 1 saturated heterocycles. The molecule has 0 aromatic carbocycles. The van der Waals surface area contributed by atoms with Crippen molar-refractivity contribution in [3.63, 3.8) is 0 Å². The predicted molar refractivity (Wildman–Crippen MR) is 79.2 cm³/mol. The minimum Gasteiger partial charge on any atom is -0.376 e. The average molecular weight is 304 g/mol. The molecule has 0 spiro atoms. The summed E-state index contributed by atoms with van der Waals surface area (Å²) in [7, 11) is 0. The molecule has 1 amide bonds. The maximum atomic E-state index is 11.8. The van der Waals surface area contributed by atoms with E-state index in [1.54, 1.807) is 16.9 Å². The maximum Gasteiger partial charge on any atom is 0.246 e. The van der Waals surface area contributed by atoms with Gasteiger partial charge in [-0.25, -0.2) is 9.50 Å². The summed E-state index contributed by atoms with van der Waals surface area (Å²) in [4.78, 5) is 16.0. The summed E-state index contributed by atoms with van der Waals surface area (Å²) in [5.41, 5.74) is 1.63. The van der Waals surface area contributed by atoms with Gasteiger partial charge in [0.15, 0.2) is 5.65 Å². The first-order valence-corrected chi connectivity index (χ1v) is 7.56. The van der Waals surface area contributed by atoms with Crippen LogP contribution in [0.3, 0.4) is 0 Å². The molecule has 2 aromatic rings. The van der Waals surface area contributed by atoms with E-state index in [2.05, 4.69) is 15.4 Å². The molecule has 0 bridgehead atoms. The van der Waals surface area contributed by atoms with Crippen molar-refractivity contribution < 1.29 is 14.3 Å².